The van der Waals surface area contributed by atoms with E-state index in [2.05, 4.69) is 16.9 Å². The van der Waals surface area contributed by atoms with Crippen molar-refractivity contribution in [3.63, 3.8) is 0 Å². The zero-order valence-corrected chi connectivity index (χ0v) is 10.5. The Bertz CT molecular complexity index is 363. The first kappa shape index (κ1) is 11.3. The Hall–Kier alpha value is -0.830. The van der Waals surface area contributed by atoms with E-state index in [4.69, 9.17) is 10.8 Å². The summed E-state index contributed by atoms with van der Waals surface area (Å²) in [5.74, 6) is 1.55. The van der Waals surface area contributed by atoms with Crippen LogP contribution in [0.25, 0.3) is 0 Å². The van der Waals surface area contributed by atoms with E-state index in [0.29, 0.717) is 6.04 Å². The van der Waals surface area contributed by atoms with Gasteiger partial charge < -0.3 is 5.73 Å². The van der Waals surface area contributed by atoms with Crippen LogP contribution in [-0.2, 0) is 6.42 Å². The lowest BCUT2D eigenvalue weighted by atomic mass is 9.71. The molecular formula is C14H23N3. The molecule has 17 heavy (non-hydrogen) atoms. The second-order valence-corrected chi connectivity index (χ2v) is 5.76. The van der Waals surface area contributed by atoms with Crippen LogP contribution in [0.5, 0.6) is 0 Å². The third kappa shape index (κ3) is 2.25. The molecule has 2 atom stereocenters. The van der Waals surface area contributed by atoms with Crippen LogP contribution < -0.4 is 5.73 Å². The van der Waals surface area contributed by atoms with E-state index in [1.165, 1.54) is 44.2 Å². The zero-order valence-electron chi connectivity index (χ0n) is 10.5. The summed E-state index contributed by atoms with van der Waals surface area (Å²) in [6.07, 6.45) is 11.4. The van der Waals surface area contributed by atoms with Gasteiger partial charge in [-0.2, -0.15) is 5.10 Å². The first-order chi connectivity index (χ1) is 8.36. The topological polar surface area (TPSA) is 43.8 Å². The van der Waals surface area contributed by atoms with Crippen molar-refractivity contribution in [1.29, 1.82) is 0 Å². The minimum absolute atomic E-state index is 0.676. The molecule has 0 aromatic carbocycles. The van der Waals surface area contributed by atoms with Gasteiger partial charge in [-0.3, -0.25) is 4.68 Å². The van der Waals surface area contributed by atoms with Crippen molar-refractivity contribution in [2.45, 2.75) is 51.0 Å². The summed E-state index contributed by atoms with van der Waals surface area (Å²) in [7, 11) is 0. The third-order valence-corrected chi connectivity index (χ3v) is 4.71. The summed E-state index contributed by atoms with van der Waals surface area (Å²) in [6, 6.07) is 2.89. The molecule has 1 aromatic heterocycles. The SMILES string of the molecule is NCC1CCC1Cc1ccn(C2CCCC2)n1. The third-order valence-electron chi connectivity index (χ3n) is 4.71. The molecule has 3 nitrogen and oxygen atoms in total. The Labute approximate surface area is 103 Å². The van der Waals surface area contributed by atoms with Crippen LogP contribution >= 0.6 is 0 Å². The van der Waals surface area contributed by atoms with Crippen LogP contribution in [0.3, 0.4) is 0 Å². The highest BCUT2D eigenvalue weighted by atomic mass is 15.3. The average Bonchev–Trinajstić information content (AvgIpc) is 2.96. The molecule has 2 N–H and O–H groups in total. The smallest absolute Gasteiger partial charge is 0.0627 e. The quantitative estimate of drug-likeness (QED) is 0.868. The van der Waals surface area contributed by atoms with Gasteiger partial charge in [0, 0.05) is 6.20 Å². The molecule has 2 unspecified atom stereocenters. The first-order valence-electron chi connectivity index (χ1n) is 7.11. The standard InChI is InChI=1S/C14H23N3/c15-10-12-6-5-11(12)9-13-7-8-17(16-13)14-3-1-2-4-14/h7-8,11-12,14H,1-6,9-10,15H2. The maximum Gasteiger partial charge on any atom is 0.0627 e. The van der Waals surface area contributed by atoms with E-state index in [1.807, 2.05) is 0 Å². The van der Waals surface area contributed by atoms with Gasteiger partial charge in [-0.15, -0.1) is 0 Å². The monoisotopic (exact) mass is 233 g/mol. The van der Waals surface area contributed by atoms with Crippen LogP contribution in [0.2, 0.25) is 0 Å². The molecule has 0 spiro atoms. The Morgan fingerprint density at radius 2 is 1.94 bits per heavy atom. The minimum atomic E-state index is 0.676. The summed E-state index contributed by atoms with van der Waals surface area (Å²) in [5.41, 5.74) is 7.03. The predicted octanol–water partition coefficient (Wildman–Crippen LogP) is 2.53. The number of nitrogens with two attached hydrogens (primary N) is 1. The molecule has 0 bridgehead atoms. The van der Waals surface area contributed by atoms with Gasteiger partial charge in [-0.05, 0) is 56.6 Å². The summed E-state index contributed by atoms with van der Waals surface area (Å²) < 4.78 is 2.21. The zero-order chi connectivity index (χ0) is 11.7. The molecule has 2 saturated carbocycles. The number of aromatic nitrogens is 2. The molecule has 0 saturated heterocycles. The van der Waals surface area contributed by atoms with Crippen LogP contribution in [0.1, 0.15) is 50.3 Å². The molecule has 3 heteroatoms. The van der Waals surface area contributed by atoms with Crippen molar-refractivity contribution in [1.82, 2.24) is 9.78 Å². The molecule has 2 aliphatic carbocycles. The fourth-order valence-corrected chi connectivity index (χ4v) is 3.34. The molecule has 3 rings (SSSR count). The normalized spacial score (nSPS) is 29.5. The van der Waals surface area contributed by atoms with Gasteiger partial charge >= 0.3 is 0 Å². The molecular weight excluding hydrogens is 210 g/mol. The Morgan fingerprint density at radius 1 is 1.18 bits per heavy atom. The van der Waals surface area contributed by atoms with Gasteiger partial charge in [0.05, 0.1) is 11.7 Å². The van der Waals surface area contributed by atoms with Gasteiger partial charge in [0.1, 0.15) is 0 Å². The molecule has 1 heterocycles. The van der Waals surface area contributed by atoms with Crippen molar-refractivity contribution < 1.29 is 0 Å². The largest absolute Gasteiger partial charge is 0.330 e. The maximum absolute atomic E-state index is 5.76. The van der Waals surface area contributed by atoms with Crippen LogP contribution in [0.15, 0.2) is 12.3 Å². The van der Waals surface area contributed by atoms with E-state index in [-0.39, 0.29) is 0 Å². The Balaban J connectivity index is 1.60. The van der Waals surface area contributed by atoms with E-state index in [0.717, 1.165) is 24.8 Å². The fraction of sp³-hybridized carbons (Fsp3) is 0.786. The lowest BCUT2D eigenvalue weighted by Gasteiger charge is -2.35. The summed E-state index contributed by atoms with van der Waals surface area (Å²) in [6.45, 7) is 0.855. The molecule has 1 aromatic rings. The van der Waals surface area contributed by atoms with Crippen molar-refractivity contribution in [3.05, 3.63) is 18.0 Å². The number of hydrogen-bond acceptors (Lipinski definition) is 2. The molecule has 2 aliphatic rings. The summed E-state index contributed by atoms with van der Waals surface area (Å²) in [4.78, 5) is 0. The van der Waals surface area contributed by atoms with Crippen molar-refractivity contribution >= 4 is 0 Å². The van der Waals surface area contributed by atoms with E-state index in [9.17, 15) is 0 Å². The van der Waals surface area contributed by atoms with Crippen LogP contribution in [0, 0.1) is 11.8 Å². The average molecular weight is 233 g/mol. The lowest BCUT2D eigenvalue weighted by molar-refractivity contribution is 0.181. The van der Waals surface area contributed by atoms with Crippen molar-refractivity contribution in [2.24, 2.45) is 17.6 Å². The highest BCUT2D eigenvalue weighted by molar-refractivity contribution is 5.03. The van der Waals surface area contributed by atoms with E-state index < -0.39 is 0 Å². The first-order valence-corrected chi connectivity index (χ1v) is 7.11. The molecule has 0 aliphatic heterocycles. The number of rotatable bonds is 4. The van der Waals surface area contributed by atoms with Gasteiger partial charge in [0.2, 0.25) is 0 Å². The molecule has 94 valence electrons. The molecule has 2 fully saturated rings. The van der Waals surface area contributed by atoms with Gasteiger partial charge in [0.25, 0.3) is 0 Å². The Morgan fingerprint density at radius 3 is 2.59 bits per heavy atom. The van der Waals surface area contributed by atoms with Crippen LogP contribution in [0.4, 0.5) is 0 Å². The number of nitrogens with zero attached hydrogens (tertiary/aromatic N) is 2. The van der Waals surface area contributed by atoms with Gasteiger partial charge in [-0.1, -0.05) is 12.8 Å². The van der Waals surface area contributed by atoms with Crippen molar-refractivity contribution in [2.75, 3.05) is 6.54 Å². The predicted molar refractivity (Wildman–Crippen MR) is 68.7 cm³/mol. The molecule has 0 amide bonds. The highest BCUT2D eigenvalue weighted by Gasteiger charge is 2.30. The maximum atomic E-state index is 5.76. The van der Waals surface area contributed by atoms with Crippen LogP contribution in [-0.4, -0.2) is 16.3 Å². The van der Waals surface area contributed by atoms with E-state index >= 15 is 0 Å². The fourth-order valence-electron chi connectivity index (χ4n) is 3.34. The Kier molecular flexibility index (Phi) is 3.19. The highest BCUT2D eigenvalue weighted by Crippen LogP contribution is 2.36. The summed E-state index contributed by atoms with van der Waals surface area (Å²) in [5, 5.41) is 4.76. The molecule has 0 radical (unpaired) electrons. The van der Waals surface area contributed by atoms with Gasteiger partial charge in [-0.25, -0.2) is 0 Å². The summed E-state index contributed by atoms with van der Waals surface area (Å²) >= 11 is 0. The lowest BCUT2D eigenvalue weighted by Crippen LogP contribution is -2.33. The second-order valence-electron chi connectivity index (χ2n) is 5.76. The number of hydrogen-bond donors (Lipinski definition) is 1. The van der Waals surface area contributed by atoms with E-state index in [1.54, 1.807) is 0 Å². The minimum Gasteiger partial charge on any atom is -0.330 e. The van der Waals surface area contributed by atoms with Gasteiger partial charge in [0.15, 0.2) is 0 Å². The van der Waals surface area contributed by atoms with Crippen molar-refractivity contribution in [3.8, 4) is 0 Å². The second kappa shape index (κ2) is 4.81.